The molecule has 0 aromatic heterocycles. The first kappa shape index (κ1) is 29.8. The molecule has 1 aliphatic rings. The van der Waals surface area contributed by atoms with Crippen molar-refractivity contribution < 1.29 is 19.1 Å². The van der Waals surface area contributed by atoms with Crippen LogP contribution in [0.4, 0.5) is 10.1 Å². The van der Waals surface area contributed by atoms with Gasteiger partial charge in [-0.15, -0.1) is 0 Å². The van der Waals surface area contributed by atoms with E-state index in [4.69, 9.17) is 16.7 Å². The van der Waals surface area contributed by atoms with Gasteiger partial charge in [-0.1, -0.05) is 24.3 Å². The number of carbonyl (C=O) groups is 2. The summed E-state index contributed by atoms with van der Waals surface area (Å²) in [6, 6.07) is 5.46. The topological polar surface area (TPSA) is 146 Å². The Labute approximate surface area is 222 Å². The molecule has 0 aliphatic carbocycles. The molecule has 2 rings (SSSR count). The number of nitrogens with one attached hydrogen (secondary N) is 2. The van der Waals surface area contributed by atoms with Gasteiger partial charge in [0.15, 0.2) is 0 Å². The maximum absolute atomic E-state index is 13.1. The first-order valence-corrected chi connectivity index (χ1v) is 12.3. The van der Waals surface area contributed by atoms with E-state index in [0.29, 0.717) is 36.3 Å². The summed E-state index contributed by atoms with van der Waals surface area (Å²) in [6.45, 7) is 0.543. The number of hydrogen-bond acceptors (Lipinski definition) is 7. The molecule has 1 amide bonds. The number of amides is 1. The van der Waals surface area contributed by atoms with E-state index in [9.17, 15) is 14.0 Å². The average molecular weight is 523 g/mol. The highest BCUT2D eigenvalue weighted by Crippen LogP contribution is 2.12. The molecule has 0 fully saturated rings. The molecule has 7 N–H and O–H groups in total. The average Bonchev–Trinajstić information content (AvgIpc) is 2.85. The van der Waals surface area contributed by atoms with Crippen LogP contribution < -0.4 is 22.2 Å². The van der Waals surface area contributed by atoms with E-state index in [1.165, 1.54) is 41.4 Å². The van der Waals surface area contributed by atoms with Gasteiger partial charge in [0.25, 0.3) is 0 Å². The van der Waals surface area contributed by atoms with Crippen molar-refractivity contribution in [3.63, 3.8) is 0 Å². The summed E-state index contributed by atoms with van der Waals surface area (Å²) >= 11 is 0. The first-order valence-electron chi connectivity index (χ1n) is 12.3. The molecule has 0 bridgehead atoms. The molecular weight excluding hydrogens is 487 g/mol. The molecule has 1 aliphatic heterocycles. The maximum atomic E-state index is 13.1. The van der Waals surface area contributed by atoms with Gasteiger partial charge in [-0.05, 0) is 68.6 Å². The molecule has 0 saturated heterocycles. The molecule has 10 heteroatoms. The van der Waals surface area contributed by atoms with E-state index in [0.717, 1.165) is 25.0 Å². The monoisotopic (exact) mass is 522 g/mol. The summed E-state index contributed by atoms with van der Waals surface area (Å²) in [5.74, 6) is 4.65. The minimum atomic E-state index is -0.811. The number of carboxylic acid groups (broad SMARTS) is 1. The summed E-state index contributed by atoms with van der Waals surface area (Å²) < 4.78 is 13.1. The van der Waals surface area contributed by atoms with E-state index in [-0.39, 0.29) is 12.2 Å². The lowest BCUT2D eigenvalue weighted by atomic mass is 10.1. The Hall–Kier alpha value is -4.44. The highest BCUT2D eigenvalue weighted by molar-refractivity contribution is 5.99. The number of rotatable bonds is 13. The number of benzene rings is 1. The lowest BCUT2D eigenvalue weighted by molar-refractivity contribution is -0.137. The van der Waals surface area contributed by atoms with Crippen molar-refractivity contribution in [2.45, 2.75) is 38.5 Å². The summed E-state index contributed by atoms with van der Waals surface area (Å²) in [7, 11) is 0. The third-order valence-corrected chi connectivity index (χ3v) is 5.23. The maximum Gasteiger partial charge on any atom is 0.303 e. The largest absolute Gasteiger partial charge is 0.481 e. The van der Waals surface area contributed by atoms with Crippen LogP contribution >= 0.6 is 0 Å². The Morgan fingerprint density at radius 2 is 1.97 bits per heavy atom. The van der Waals surface area contributed by atoms with Crippen LogP contribution in [-0.2, 0) is 9.59 Å². The lowest BCUT2D eigenvalue weighted by Gasteiger charge is -2.20. The standard InChI is InChI=1S/C28H35FN6O3/c29-23-12-14-24(15-13-23)34-27(36)10-7-8-22(16-19-32-17-5-2-4-11-28(37)38)26(30)21-35(31)25-9-3-1-6-18-33-20-25/h6-10,12-19,21,33H,1-5,11,20,30-31H2,(H,34,36)(H,37,38)/b10-7+,18-6-,19-16+,22-8+,25-9+,26-21-,32-17?. The Morgan fingerprint density at radius 3 is 2.74 bits per heavy atom. The highest BCUT2D eigenvalue weighted by atomic mass is 19.1. The Kier molecular flexibility index (Phi) is 13.4. The highest BCUT2D eigenvalue weighted by Gasteiger charge is 2.06. The fourth-order valence-corrected chi connectivity index (χ4v) is 3.23. The molecule has 1 aromatic rings. The van der Waals surface area contributed by atoms with E-state index in [1.807, 2.05) is 12.3 Å². The Bertz CT molecular complexity index is 1130. The van der Waals surface area contributed by atoms with Crippen LogP contribution in [0.3, 0.4) is 0 Å². The summed E-state index contributed by atoms with van der Waals surface area (Å²) in [5, 5.41) is 16.0. The van der Waals surface area contributed by atoms with Crippen molar-refractivity contribution in [1.82, 2.24) is 10.3 Å². The summed E-state index contributed by atoms with van der Waals surface area (Å²) in [4.78, 5) is 27.0. The number of hydrazine groups is 1. The predicted molar refractivity (Wildman–Crippen MR) is 149 cm³/mol. The van der Waals surface area contributed by atoms with Gasteiger partial charge in [0.1, 0.15) is 5.82 Å². The molecule has 1 heterocycles. The molecule has 38 heavy (non-hydrogen) atoms. The third kappa shape index (κ3) is 12.5. The second-order valence-corrected chi connectivity index (χ2v) is 8.31. The van der Waals surface area contributed by atoms with Crippen molar-refractivity contribution in [3.8, 4) is 0 Å². The zero-order valence-corrected chi connectivity index (χ0v) is 21.2. The van der Waals surface area contributed by atoms with Crippen LogP contribution in [0.15, 0.2) is 101 Å². The second kappa shape index (κ2) is 17.1. The second-order valence-electron chi connectivity index (χ2n) is 8.31. The van der Waals surface area contributed by atoms with Gasteiger partial charge in [-0.2, -0.15) is 0 Å². The quantitative estimate of drug-likeness (QED) is 0.0650. The van der Waals surface area contributed by atoms with Gasteiger partial charge >= 0.3 is 5.97 Å². The fourth-order valence-electron chi connectivity index (χ4n) is 3.23. The van der Waals surface area contributed by atoms with Gasteiger partial charge in [-0.25, -0.2) is 10.2 Å². The molecular formula is C28H35FN6O3. The molecule has 0 spiro atoms. The van der Waals surface area contributed by atoms with E-state index >= 15 is 0 Å². The molecule has 9 nitrogen and oxygen atoms in total. The van der Waals surface area contributed by atoms with Crippen LogP contribution in [0, 0.1) is 5.82 Å². The predicted octanol–water partition coefficient (Wildman–Crippen LogP) is 4.23. The Morgan fingerprint density at radius 1 is 1.18 bits per heavy atom. The number of aliphatic imine (C=N–C) groups is 1. The molecule has 0 radical (unpaired) electrons. The van der Waals surface area contributed by atoms with Crippen LogP contribution in [0.5, 0.6) is 0 Å². The van der Waals surface area contributed by atoms with Crippen molar-refractivity contribution in [2.75, 3.05) is 11.9 Å². The van der Waals surface area contributed by atoms with Crippen LogP contribution in [0.25, 0.3) is 0 Å². The molecule has 0 saturated carbocycles. The van der Waals surface area contributed by atoms with Crippen molar-refractivity contribution in [3.05, 3.63) is 102 Å². The first-order chi connectivity index (χ1) is 18.3. The van der Waals surface area contributed by atoms with Gasteiger partial charge in [0.2, 0.25) is 5.91 Å². The number of nitrogens with zero attached hydrogens (tertiary/aromatic N) is 2. The van der Waals surface area contributed by atoms with Gasteiger partial charge in [0.05, 0.1) is 12.2 Å². The number of hydrogen-bond donors (Lipinski definition) is 5. The van der Waals surface area contributed by atoms with Gasteiger partial charge < -0.3 is 21.5 Å². The van der Waals surface area contributed by atoms with Crippen LogP contribution in [0.2, 0.25) is 0 Å². The van der Waals surface area contributed by atoms with E-state index < -0.39 is 11.9 Å². The van der Waals surface area contributed by atoms with E-state index in [2.05, 4.69) is 21.7 Å². The molecule has 0 unspecified atom stereocenters. The third-order valence-electron chi connectivity index (χ3n) is 5.23. The minimum Gasteiger partial charge on any atom is -0.481 e. The smallest absolute Gasteiger partial charge is 0.303 e. The number of nitrogens with two attached hydrogens (primary N) is 2. The Balaban J connectivity index is 2.11. The fraction of sp³-hybridized carbons (Fsp3) is 0.250. The number of allylic oxidation sites excluding steroid dienone is 5. The summed E-state index contributed by atoms with van der Waals surface area (Å²) in [5.41, 5.74) is 8.58. The van der Waals surface area contributed by atoms with Crippen LogP contribution in [-0.4, -0.2) is 34.8 Å². The van der Waals surface area contributed by atoms with Gasteiger partial charge in [0, 0.05) is 48.1 Å². The molecule has 1 aromatic carbocycles. The molecule has 0 atom stereocenters. The molecule has 202 valence electrons. The van der Waals surface area contributed by atoms with E-state index in [1.54, 1.807) is 30.8 Å². The normalized spacial score (nSPS) is 17.1. The van der Waals surface area contributed by atoms with Gasteiger partial charge in [-0.3, -0.25) is 19.6 Å². The van der Waals surface area contributed by atoms with Crippen molar-refractivity contribution in [1.29, 1.82) is 0 Å². The number of aliphatic carboxylic acids is 1. The zero-order valence-electron chi connectivity index (χ0n) is 21.2. The van der Waals surface area contributed by atoms with Crippen LogP contribution in [0.1, 0.15) is 38.5 Å². The number of carbonyl (C=O) groups excluding carboxylic acids is 1. The van der Waals surface area contributed by atoms with Crippen molar-refractivity contribution in [2.24, 2.45) is 16.6 Å². The lowest BCUT2D eigenvalue weighted by Crippen LogP contribution is -2.31. The summed E-state index contributed by atoms with van der Waals surface area (Å²) in [6.07, 6.45) is 20.9. The SMILES string of the molecule is NC(=C\N(N)/C1=C/CC/C=C\NC1)/C(/C=C/N=CCCCCC(=O)O)=C/C=C/C(=O)Nc1ccc(F)cc1. The zero-order chi connectivity index (χ0) is 27.6. The number of anilines is 1. The van der Waals surface area contributed by atoms with Crippen molar-refractivity contribution >= 4 is 23.8 Å². The number of carboxylic acids is 1. The number of halogens is 1. The minimum absolute atomic E-state index is 0.136. The number of unbranched alkanes of at least 4 members (excludes halogenated alkanes) is 2.